The number of benzene rings is 6. The SMILES string of the molecule is CC#Cc1ccc(-c2cc3c(cc(-c4ccc(CCC#Cc5ccc(-c6cc7c(cc(-c8ccc(C)cc8)c8nsnc87)c7nsnc67)cc5)s4)c4nsnc43)c3nsnc23)s1. The Morgan fingerprint density at radius 3 is 1.44 bits per heavy atom. The molecule has 0 unspecified atom stereocenters. The van der Waals surface area contributed by atoms with Gasteiger partial charge in [0.2, 0.25) is 0 Å². The number of aryl methyl sites for hydroxylation is 2. The van der Waals surface area contributed by atoms with Crippen LogP contribution < -0.4 is 0 Å². The highest BCUT2D eigenvalue weighted by Crippen LogP contribution is 2.44. The van der Waals surface area contributed by atoms with Gasteiger partial charge in [0.1, 0.15) is 44.1 Å². The third-order valence-corrected chi connectivity index (χ3v) is 15.4. The summed E-state index contributed by atoms with van der Waals surface area (Å²) in [5, 5.41) is 4.15. The minimum absolute atomic E-state index is 0.743. The van der Waals surface area contributed by atoms with Crippen LogP contribution in [0.25, 0.3) is 109 Å². The second kappa shape index (κ2) is 15.2. The van der Waals surface area contributed by atoms with Crippen molar-refractivity contribution in [3.63, 3.8) is 0 Å². The van der Waals surface area contributed by atoms with Crippen molar-refractivity contribution in [2.24, 2.45) is 0 Å². The van der Waals surface area contributed by atoms with E-state index in [4.69, 9.17) is 35.0 Å². The molecule has 0 N–H and O–H groups in total. The summed E-state index contributed by atoms with van der Waals surface area (Å²) in [5.74, 6) is 13.0. The van der Waals surface area contributed by atoms with Crippen LogP contribution in [0.3, 0.4) is 0 Å². The van der Waals surface area contributed by atoms with Crippen LogP contribution >= 0.6 is 69.6 Å². The number of rotatable bonds is 6. The highest BCUT2D eigenvalue weighted by Gasteiger charge is 2.22. The number of thiophene rings is 2. The van der Waals surface area contributed by atoms with E-state index >= 15 is 0 Å². The van der Waals surface area contributed by atoms with E-state index < -0.39 is 0 Å². The molecule has 6 aromatic heterocycles. The van der Waals surface area contributed by atoms with E-state index in [0.717, 1.165) is 132 Å². The van der Waals surface area contributed by atoms with Gasteiger partial charge >= 0.3 is 0 Å². The fourth-order valence-corrected chi connectivity index (χ4v) is 12.3. The summed E-state index contributed by atoms with van der Waals surface area (Å²) in [6.07, 6.45) is 1.60. The van der Waals surface area contributed by atoms with E-state index in [-0.39, 0.29) is 0 Å². The van der Waals surface area contributed by atoms with Crippen molar-refractivity contribution >= 4 is 135 Å². The van der Waals surface area contributed by atoms with Crippen molar-refractivity contribution < 1.29 is 0 Å². The van der Waals surface area contributed by atoms with E-state index in [1.54, 1.807) is 22.7 Å². The number of hydrogen-bond acceptors (Lipinski definition) is 14. The first kappa shape index (κ1) is 37.4. The summed E-state index contributed by atoms with van der Waals surface area (Å²) in [7, 11) is 0. The standard InChI is InChI=1S/C48H26N8S6/c1-3-6-29-17-19-39(57-29)37-23-35-36(45-47(37)55-61-53-45)24-38(48-46(35)54-62-56-48)40-20-18-30(58-40)8-5-4-7-26-11-15-28(16-12-26)32-22-34-33(44-42(32)50-60-52-44)21-31(41-43(34)51-59-49-41)27-13-9-25(2)10-14-27/h9-24H,5,8H2,1-2H3. The fourth-order valence-electron chi connectivity index (χ4n) is 8.08. The van der Waals surface area contributed by atoms with E-state index in [1.165, 1.54) is 57.4 Å². The Labute approximate surface area is 378 Å². The average Bonchev–Trinajstić information content (AvgIpc) is 4.16. The molecule has 14 heteroatoms. The maximum atomic E-state index is 4.80. The largest absolute Gasteiger partial charge is 0.172 e. The van der Waals surface area contributed by atoms with Crippen molar-refractivity contribution in [1.29, 1.82) is 0 Å². The van der Waals surface area contributed by atoms with Gasteiger partial charge in [0.25, 0.3) is 0 Å². The van der Waals surface area contributed by atoms with Gasteiger partial charge in [-0.1, -0.05) is 59.7 Å². The zero-order chi connectivity index (χ0) is 41.3. The third-order valence-electron chi connectivity index (χ3n) is 11.1. The minimum Gasteiger partial charge on any atom is -0.172 e. The summed E-state index contributed by atoms with van der Waals surface area (Å²) < 4.78 is 38.2. The van der Waals surface area contributed by atoms with Crippen molar-refractivity contribution in [2.75, 3.05) is 0 Å². The molecular weight excluding hydrogens is 881 g/mol. The third kappa shape index (κ3) is 6.30. The lowest BCUT2D eigenvalue weighted by Crippen LogP contribution is -1.89. The molecule has 0 radical (unpaired) electrons. The van der Waals surface area contributed by atoms with Crippen LogP contribution in [-0.4, -0.2) is 35.0 Å². The predicted molar refractivity (Wildman–Crippen MR) is 262 cm³/mol. The number of nitrogens with zero attached hydrogens (tertiary/aromatic N) is 8. The zero-order valence-corrected chi connectivity index (χ0v) is 37.6. The molecule has 12 aromatic rings. The Morgan fingerprint density at radius 2 is 0.903 bits per heavy atom. The lowest BCUT2D eigenvalue weighted by Gasteiger charge is -2.10. The maximum absolute atomic E-state index is 4.80. The first-order chi connectivity index (χ1) is 30.6. The lowest BCUT2D eigenvalue weighted by atomic mass is 9.94. The van der Waals surface area contributed by atoms with E-state index in [9.17, 15) is 0 Å². The normalized spacial score (nSPS) is 11.6. The molecule has 6 heterocycles. The van der Waals surface area contributed by atoms with Gasteiger partial charge in [-0.25, -0.2) is 0 Å². The van der Waals surface area contributed by atoms with Crippen LogP contribution in [0, 0.1) is 30.6 Å². The van der Waals surface area contributed by atoms with Crippen LogP contribution in [0.1, 0.15) is 34.2 Å². The first-order valence-electron chi connectivity index (χ1n) is 19.5. The summed E-state index contributed by atoms with van der Waals surface area (Å²) in [6.45, 7) is 3.96. The van der Waals surface area contributed by atoms with Gasteiger partial charge in [-0.15, -0.1) is 28.6 Å². The average molecular weight is 907 g/mol. The highest BCUT2D eigenvalue weighted by atomic mass is 32.1. The fraction of sp³-hybridized carbons (Fsp3) is 0.0833. The van der Waals surface area contributed by atoms with Gasteiger partial charge in [-0.3, -0.25) is 0 Å². The molecule has 0 amide bonds. The molecule has 62 heavy (non-hydrogen) atoms. The van der Waals surface area contributed by atoms with E-state index in [2.05, 4.69) is 128 Å². The highest BCUT2D eigenvalue weighted by molar-refractivity contribution is 7.16. The molecule has 6 aromatic carbocycles. The summed E-state index contributed by atoms with van der Waals surface area (Å²) in [6, 6.07) is 34.4. The Bertz CT molecular complexity index is 3860. The molecule has 0 saturated heterocycles. The molecule has 0 fully saturated rings. The molecule has 0 aliphatic carbocycles. The van der Waals surface area contributed by atoms with Gasteiger partial charge < -0.3 is 0 Å². The molecule has 294 valence electrons. The van der Waals surface area contributed by atoms with Crippen LogP contribution in [0.15, 0.2) is 97.1 Å². The van der Waals surface area contributed by atoms with Gasteiger partial charge in [0.15, 0.2) is 0 Å². The van der Waals surface area contributed by atoms with Crippen molar-refractivity contribution in [2.45, 2.75) is 26.7 Å². The lowest BCUT2D eigenvalue weighted by molar-refractivity contribution is 1.06. The Hall–Kier alpha value is -6.36. The maximum Gasteiger partial charge on any atom is 0.114 e. The summed E-state index contributed by atoms with van der Waals surface area (Å²) >= 11 is 8.42. The minimum atomic E-state index is 0.743. The van der Waals surface area contributed by atoms with E-state index in [0.29, 0.717) is 0 Å². The van der Waals surface area contributed by atoms with Gasteiger partial charge in [-0.2, -0.15) is 35.0 Å². The Morgan fingerprint density at radius 1 is 0.452 bits per heavy atom. The topological polar surface area (TPSA) is 103 Å². The Balaban J connectivity index is 0.801. The van der Waals surface area contributed by atoms with Gasteiger partial charge in [0, 0.05) is 70.4 Å². The van der Waals surface area contributed by atoms with Crippen LogP contribution in [-0.2, 0) is 6.42 Å². The molecule has 0 saturated carbocycles. The predicted octanol–water partition coefficient (Wildman–Crippen LogP) is 13.5. The quantitative estimate of drug-likeness (QED) is 0.152. The van der Waals surface area contributed by atoms with Gasteiger partial charge in [0.05, 0.1) is 51.8 Å². The van der Waals surface area contributed by atoms with Crippen LogP contribution in [0.4, 0.5) is 0 Å². The van der Waals surface area contributed by atoms with Crippen molar-refractivity contribution in [3.8, 4) is 66.8 Å². The number of aromatic nitrogens is 8. The summed E-state index contributed by atoms with van der Waals surface area (Å²) in [4.78, 5) is 4.57. The van der Waals surface area contributed by atoms with Crippen molar-refractivity contribution in [3.05, 3.63) is 118 Å². The molecular formula is C48H26N8S6. The molecule has 0 atom stereocenters. The second-order valence-electron chi connectivity index (χ2n) is 14.8. The zero-order valence-electron chi connectivity index (χ0n) is 32.7. The van der Waals surface area contributed by atoms with Gasteiger partial charge in [-0.05, 0) is 92.1 Å². The van der Waals surface area contributed by atoms with Crippen molar-refractivity contribution in [1.82, 2.24) is 35.0 Å². The van der Waals surface area contributed by atoms with E-state index in [1.807, 2.05) is 6.92 Å². The number of hydrogen-bond donors (Lipinski definition) is 0. The summed E-state index contributed by atoms with van der Waals surface area (Å²) in [5.41, 5.74) is 15.7. The molecule has 0 spiro atoms. The molecule has 0 aliphatic rings. The molecule has 0 bridgehead atoms. The molecule has 12 rings (SSSR count). The van der Waals surface area contributed by atoms with Crippen LogP contribution in [0.2, 0.25) is 0 Å². The monoisotopic (exact) mass is 906 g/mol. The smallest absolute Gasteiger partial charge is 0.114 e. The Kier molecular flexibility index (Phi) is 9.18. The van der Waals surface area contributed by atoms with Crippen LogP contribution in [0.5, 0.6) is 0 Å². The molecule has 8 nitrogen and oxygen atoms in total. The first-order valence-corrected chi connectivity index (χ1v) is 24.1. The second-order valence-corrected chi connectivity index (χ2v) is 19.1. The molecule has 0 aliphatic heterocycles. The number of fused-ring (bicyclic) bond motifs is 10.